The highest BCUT2D eigenvalue weighted by atomic mass is 16.6. The smallest absolute Gasteiger partial charge is 0.181 e. The molecule has 5 heteroatoms. The lowest BCUT2D eigenvalue weighted by molar-refractivity contribution is -0.964. The first-order chi connectivity index (χ1) is 9.79. The second-order valence-electron chi connectivity index (χ2n) is 8.06. The van der Waals surface area contributed by atoms with Crippen LogP contribution in [0.2, 0.25) is 0 Å². The molecule has 2 bridgehead atoms. The number of aliphatic hydroxyl groups is 2. The Balaban J connectivity index is 2.00. The quantitative estimate of drug-likeness (QED) is 0.518. The molecule has 0 aromatic heterocycles. The third-order valence-corrected chi connectivity index (χ3v) is 7.13. The number of carbonyl (C=O) groups excluding carboxylic acids is 1. The van der Waals surface area contributed by atoms with Crippen LogP contribution in [0.15, 0.2) is 0 Å². The summed E-state index contributed by atoms with van der Waals surface area (Å²) in [5.41, 5.74) is -4.00. The molecule has 2 aliphatic carbocycles. The summed E-state index contributed by atoms with van der Waals surface area (Å²) in [5, 5.41) is 36.4. The first-order valence-electron chi connectivity index (χ1n) is 8.35. The third-order valence-electron chi connectivity index (χ3n) is 7.13. The van der Waals surface area contributed by atoms with E-state index < -0.39 is 21.4 Å². The maximum absolute atomic E-state index is 13.6. The minimum Gasteiger partial charge on any atom is -0.632 e. The maximum Gasteiger partial charge on any atom is 0.181 e. The molecule has 1 unspecified atom stereocenters. The molecule has 21 heavy (non-hydrogen) atoms. The summed E-state index contributed by atoms with van der Waals surface area (Å²) in [6, 6.07) is 0. The molecule has 1 spiro atoms. The number of Topliss-reactive ketones (excluding diaryl/α,β-unsaturated/α-hetero) is 1. The van der Waals surface area contributed by atoms with Gasteiger partial charge in [-0.15, -0.1) is 0 Å². The number of piperidine rings is 2. The standard InChI is InChI=1S/C16H25NO4/c1-11-8-12-9-13(18)15(20)5-3-7-17(21)6-2-4-14(12,19)16(15,17)10-11/h11-12,19-20H,2-10H2,1H3/t11-,12-,14+,15+,16-,17?/m1/s1. The van der Waals surface area contributed by atoms with Crippen molar-refractivity contribution in [2.24, 2.45) is 11.8 Å². The van der Waals surface area contributed by atoms with Gasteiger partial charge in [0.15, 0.2) is 16.9 Å². The van der Waals surface area contributed by atoms with E-state index in [1.54, 1.807) is 0 Å². The van der Waals surface area contributed by atoms with E-state index in [1.807, 2.05) is 0 Å². The Morgan fingerprint density at radius 2 is 1.90 bits per heavy atom. The number of hydrogen-bond acceptors (Lipinski definition) is 4. The van der Waals surface area contributed by atoms with Crippen molar-refractivity contribution < 1.29 is 19.7 Å². The number of quaternary nitrogens is 1. The number of nitrogens with zero attached hydrogens (tertiary/aromatic N) is 1. The summed E-state index contributed by atoms with van der Waals surface area (Å²) in [6.07, 6.45) is 3.67. The molecule has 2 saturated heterocycles. The first kappa shape index (κ1) is 14.1. The third kappa shape index (κ3) is 1.31. The molecule has 2 aliphatic heterocycles. The molecule has 4 rings (SSSR count). The van der Waals surface area contributed by atoms with E-state index >= 15 is 0 Å². The predicted molar refractivity (Wildman–Crippen MR) is 76.0 cm³/mol. The van der Waals surface area contributed by atoms with Gasteiger partial charge in [-0.1, -0.05) is 6.92 Å². The van der Waals surface area contributed by atoms with E-state index in [9.17, 15) is 20.2 Å². The molecule has 0 amide bonds. The van der Waals surface area contributed by atoms with Crippen molar-refractivity contribution in [3.8, 4) is 0 Å². The first-order valence-corrected chi connectivity index (χ1v) is 8.35. The van der Waals surface area contributed by atoms with Crippen LogP contribution in [0.4, 0.5) is 0 Å². The van der Waals surface area contributed by atoms with E-state index in [-0.39, 0.29) is 24.0 Å². The van der Waals surface area contributed by atoms with Crippen molar-refractivity contribution in [3.05, 3.63) is 5.21 Å². The van der Waals surface area contributed by atoms with E-state index in [0.717, 1.165) is 6.42 Å². The Kier molecular flexibility index (Phi) is 2.61. The fourth-order valence-corrected chi connectivity index (χ4v) is 6.49. The van der Waals surface area contributed by atoms with Crippen molar-refractivity contribution in [1.82, 2.24) is 0 Å². The van der Waals surface area contributed by atoms with Gasteiger partial charge in [0, 0.05) is 25.2 Å². The summed E-state index contributed by atoms with van der Waals surface area (Å²) in [6.45, 7) is 2.94. The summed E-state index contributed by atoms with van der Waals surface area (Å²) >= 11 is 0. The molecular formula is C16H25NO4. The normalized spacial score (nSPS) is 59.5. The van der Waals surface area contributed by atoms with Crippen LogP contribution in [0.1, 0.15) is 51.9 Å². The lowest BCUT2D eigenvalue weighted by atomic mass is 9.44. The molecule has 0 radical (unpaired) electrons. The van der Waals surface area contributed by atoms with Crippen LogP contribution in [0.5, 0.6) is 0 Å². The molecule has 4 aliphatic rings. The Labute approximate surface area is 125 Å². The zero-order valence-electron chi connectivity index (χ0n) is 12.7. The van der Waals surface area contributed by atoms with Crippen LogP contribution >= 0.6 is 0 Å². The number of ketones is 1. The molecule has 2 saturated carbocycles. The highest BCUT2D eigenvalue weighted by Gasteiger charge is 2.81. The van der Waals surface area contributed by atoms with Gasteiger partial charge in [0.25, 0.3) is 0 Å². The maximum atomic E-state index is 13.6. The number of carbonyl (C=O) groups is 1. The second-order valence-corrected chi connectivity index (χ2v) is 8.06. The van der Waals surface area contributed by atoms with Crippen LogP contribution in [-0.4, -0.2) is 50.5 Å². The SMILES string of the molecule is C[C@@H]1C[C@@H]2CC(=O)[C@@]3(O)CCC[N+]4([O-])CCC[C@@]2(O)[C@]34C1. The molecule has 0 aromatic carbocycles. The van der Waals surface area contributed by atoms with Crippen LogP contribution in [0.25, 0.3) is 0 Å². The lowest BCUT2D eigenvalue weighted by Gasteiger charge is -2.76. The van der Waals surface area contributed by atoms with Crippen molar-refractivity contribution >= 4 is 5.78 Å². The van der Waals surface area contributed by atoms with Crippen LogP contribution in [0.3, 0.4) is 0 Å². The van der Waals surface area contributed by atoms with Crippen LogP contribution < -0.4 is 0 Å². The Morgan fingerprint density at radius 1 is 1.24 bits per heavy atom. The molecule has 2 heterocycles. The van der Waals surface area contributed by atoms with Crippen molar-refractivity contribution in [2.75, 3.05) is 13.1 Å². The highest BCUT2D eigenvalue weighted by molar-refractivity contribution is 5.91. The van der Waals surface area contributed by atoms with Gasteiger partial charge in [0.05, 0.1) is 13.1 Å². The summed E-state index contributed by atoms with van der Waals surface area (Å²) in [5.74, 6) is -0.0690. The predicted octanol–water partition coefficient (Wildman–Crippen LogP) is 1.11. The van der Waals surface area contributed by atoms with E-state index in [0.29, 0.717) is 45.2 Å². The molecule has 0 aromatic rings. The van der Waals surface area contributed by atoms with E-state index in [1.165, 1.54) is 0 Å². The van der Waals surface area contributed by atoms with Crippen LogP contribution in [0, 0.1) is 17.0 Å². The molecule has 6 atom stereocenters. The highest BCUT2D eigenvalue weighted by Crippen LogP contribution is 2.65. The van der Waals surface area contributed by atoms with Gasteiger partial charge in [-0.2, -0.15) is 0 Å². The Bertz CT molecular complexity index is 507. The second kappa shape index (κ2) is 3.88. The zero-order chi connectivity index (χ0) is 15.1. The fraction of sp³-hybridized carbons (Fsp3) is 0.938. The monoisotopic (exact) mass is 295 g/mol. The van der Waals surface area contributed by atoms with E-state index in [2.05, 4.69) is 6.92 Å². The van der Waals surface area contributed by atoms with Crippen molar-refractivity contribution in [1.29, 1.82) is 0 Å². The molecule has 5 nitrogen and oxygen atoms in total. The van der Waals surface area contributed by atoms with Crippen LogP contribution in [-0.2, 0) is 4.79 Å². The van der Waals surface area contributed by atoms with Gasteiger partial charge in [0.1, 0.15) is 5.60 Å². The summed E-state index contributed by atoms with van der Waals surface area (Å²) in [7, 11) is 0. The Morgan fingerprint density at radius 3 is 2.62 bits per heavy atom. The minimum absolute atomic E-state index is 0.154. The minimum atomic E-state index is -1.62. The summed E-state index contributed by atoms with van der Waals surface area (Å²) < 4.78 is -0.549. The van der Waals surface area contributed by atoms with Crippen molar-refractivity contribution in [2.45, 2.75) is 68.6 Å². The molecule has 4 fully saturated rings. The van der Waals surface area contributed by atoms with Gasteiger partial charge >= 0.3 is 0 Å². The summed E-state index contributed by atoms with van der Waals surface area (Å²) in [4.78, 5) is 12.7. The fourth-order valence-electron chi connectivity index (χ4n) is 6.49. The molecular weight excluding hydrogens is 270 g/mol. The van der Waals surface area contributed by atoms with Gasteiger partial charge in [-0.3, -0.25) is 4.79 Å². The lowest BCUT2D eigenvalue weighted by Crippen LogP contribution is -2.91. The topological polar surface area (TPSA) is 80.6 Å². The number of hydroxylamine groups is 3. The average Bonchev–Trinajstić information content (AvgIpc) is 2.38. The number of hydrogen-bond donors (Lipinski definition) is 2. The zero-order valence-corrected chi connectivity index (χ0v) is 12.7. The Hall–Kier alpha value is -0.490. The van der Waals surface area contributed by atoms with E-state index in [4.69, 9.17) is 0 Å². The number of rotatable bonds is 0. The van der Waals surface area contributed by atoms with Gasteiger partial charge in [0.2, 0.25) is 0 Å². The van der Waals surface area contributed by atoms with Gasteiger partial charge in [-0.05, 0) is 31.6 Å². The van der Waals surface area contributed by atoms with Crippen molar-refractivity contribution in [3.63, 3.8) is 0 Å². The molecule has 118 valence electrons. The molecule has 2 N–H and O–H groups in total. The largest absolute Gasteiger partial charge is 0.632 e. The average molecular weight is 295 g/mol. The van der Waals surface area contributed by atoms with Gasteiger partial charge < -0.3 is 20.1 Å². The van der Waals surface area contributed by atoms with Gasteiger partial charge in [-0.25, -0.2) is 0 Å².